The molecule has 0 amide bonds. The molecule has 0 aliphatic rings. The Morgan fingerprint density at radius 2 is 2.15 bits per heavy atom. The summed E-state index contributed by atoms with van der Waals surface area (Å²) >= 11 is -0.0589. The molecule has 0 bridgehead atoms. The zero-order valence-corrected chi connectivity index (χ0v) is 12.3. The van der Waals surface area contributed by atoms with Gasteiger partial charge in [-0.1, -0.05) is 12.1 Å². The number of ether oxygens (including phenoxy) is 1. The summed E-state index contributed by atoms with van der Waals surface area (Å²) in [6, 6.07) is 5.71. The highest BCUT2D eigenvalue weighted by molar-refractivity contribution is 7.92. The third-order valence-corrected chi connectivity index (χ3v) is 3.55. The Hall–Kier alpha value is -1.82. The Morgan fingerprint density at radius 3 is 2.75 bits per heavy atom. The first-order valence-corrected chi connectivity index (χ1v) is 6.87. The molecular weight excluding hydrogens is 279 g/mol. The summed E-state index contributed by atoms with van der Waals surface area (Å²) in [5.74, 6) is -0.191. The molecule has 2 aromatic rings. The lowest BCUT2D eigenvalue weighted by Crippen LogP contribution is -2.08. The fourth-order valence-electron chi connectivity index (χ4n) is 1.82. The quantitative estimate of drug-likeness (QED) is 0.806. The van der Waals surface area contributed by atoms with E-state index in [1.54, 1.807) is 6.92 Å². The number of nitrogens with zero attached hydrogens (tertiary/aromatic N) is 2. The van der Waals surface area contributed by atoms with Crippen molar-refractivity contribution in [3.8, 4) is 11.4 Å². The lowest BCUT2D eigenvalue weighted by atomic mass is 10.1. The van der Waals surface area contributed by atoms with Crippen molar-refractivity contribution in [2.24, 2.45) is 0 Å². The maximum atomic E-state index is 13.2. The van der Waals surface area contributed by atoms with Gasteiger partial charge in [-0.3, -0.25) is 0 Å². The van der Waals surface area contributed by atoms with Gasteiger partial charge in [0.2, 0.25) is 0 Å². The average molecular weight is 294 g/mol. The normalized spacial score (nSPS) is 10.6. The van der Waals surface area contributed by atoms with Crippen molar-refractivity contribution >= 4 is 18.3 Å². The number of hydrogen-bond donors (Lipinski definition) is 0. The molecule has 1 aromatic carbocycles. The van der Waals surface area contributed by atoms with Crippen molar-refractivity contribution in [3.63, 3.8) is 0 Å². The van der Waals surface area contributed by atoms with Crippen LogP contribution in [0.25, 0.3) is 11.4 Å². The maximum Gasteiger partial charge on any atom is 0.357 e. The first kappa shape index (κ1) is 14.6. The molecular formula is C14H15FN2O2S. The van der Waals surface area contributed by atoms with Gasteiger partial charge in [0.25, 0.3) is 0 Å². The first-order valence-electron chi connectivity index (χ1n) is 6.20. The van der Waals surface area contributed by atoms with Crippen molar-refractivity contribution < 1.29 is 13.4 Å². The lowest BCUT2D eigenvalue weighted by Gasteiger charge is -2.07. The minimum Gasteiger partial charge on any atom is -0.461 e. The summed E-state index contributed by atoms with van der Waals surface area (Å²) in [4.78, 5) is 15.9. The van der Waals surface area contributed by atoms with Crippen LogP contribution in [0.1, 0.15) is 28.5 Å². The smallest absolute Gasteiger partial charge is 0.357 e. The number of aromatic nitrogens is 2. The van der Waals surface area contributed by atoms with Crippen molar-refractivity contribution in [3.05, 3.63) is 41.2 Å². The van der Waals surface area contributed by atoms with Crippen LogP contribution >= 0.6 is 12.3 Å². The lowest BCUT2D eigenvalue weighted by molar-refractivity contribution is 0.0518. The van der Waals surface area contributed by atoms with Gasteiger partial charge >= 0.3 is 5.97 Å². The number of esters is 1. The second kappa shape index (κ2) is 6.09. The predicted molar refractivity (Wildman–Crippen MR) is 77.2 cm³/mol. The van der Waals surface area contributed by atoms with E-state index in [0.29, 0.717) is 5.82 Å². The van der Waals surface area contributed by atoms with Gasteiger partial charge in [0.05, 0.1) is 12.8 Å². The third kappa shape index (κ3) is 2.70. The predicted octanol–water partition coefficient (Wildman–Crippen LogP) is 3.72. The maximum absolute atomic E-state index is 13.2. The molecule has 0 fully saturated rings. The van der Waals surface area contributed by atoms with Crippen LogP contribution in [0.2, 0.25) is 0 Å². The van der Waals surface area contributed by atoms with Gasteiger partial charge in [-0.05, 0) is 38.0 Å². The highest BCUT2D eigenvalue weighted by Gasteiger charge is 2.19. The van der Waals surface area contributed by atoms with Gasteiger partial charge < -0.3 is 4.74 Å². The summed E-state index contributed by atoms with van der Waals surface area (Å²) in [5, 5.41) is 0. The summed E-state index contributed by atoms with van der Waals surface area (Å²) in [5.41, 5.74) is 3.07. The van der Waals surface area contributed by atoms with Gasteiger partial charge in [-0.2, -0.15) is 0 Å². The highest BCUT2D eigenvalue weighted by atomic mass is 32.2. The average Bonchev–Trinajstić information content (AvgIpc) is 2.86. The van der Waals surface area contributed by atoms with E-state index in [1.165, 1.54) is 6.20 Å². The van der Waals surface area contributed by atoms with Gasteiger partial charge in [-0.25, -0.2) is 13.8 Å². The number of rotatable bonds is 4. The van der Waals surface area contributed by atoms with Gasteiger partial charge in [-0.15, -0.1) is 3.89 Å². The highest BCUT2D eigenvalue weighted by Crippen LogP contribution is 2.27. The number of benzene rings is 1. The van der Waals surface area contributed by atoms with Crippen molar-refractivity contribution in [1.29, 1.82) is 0 Å². The Labute approximate surface area is 121 Å². The molecule has 0 aliphatic heterocycles. The van der Waals surface area contributed by atoms with E-state index in [9.17, 15) is 8.68 Å². The molecule has 1 aromatic heterocycles. The molecule has 0 N–H and O–H groups in total. The minimum atomic E-state index is -0.583. The topological polar surface area (TPSA) is 44.1 Å². The largest absolute Gasteiger partial charge is 0.461 e. The standard InChI is InChI=1S/C14H15FN2O2S/c1-4-19-14(18)12-8-16-13(17(12)20-15)11-6-5-9(2)10(3)7-11/h5-8H,4H2,1-3H3. The molecule has 4 nitrogen and oxygen atoms in total. The minimum absolute atomic E-state index is 0.0589. The summed E-state index contributed by atoms with van der Waals surface area (Å²) in [6.07, 6.45) is 1.33. The molecule has 1 heterocycles. The summed E-state index contributed by atoms with van der Waals surface area (Å²) in [6.45, 7) is 5.91. The van der Waals surface area contributed by atoms with E-state index in [-0.39, 0.29) is 24.6 Å². The second-order valence-corrected chi connectivity index (χ2v) is 4.85. The fourth-order valence-corrected chi connectivity index (χ4v) is 2.24. The van der Waals surface area contributed by atoms with Crippen LogP contribution in [-0.2, 0) is 4.74 Å². The molecule has 20 heavy (non-hydrogen) atoms. The van der Waals surface area contributed by atoms with E-state index in [2.05, 4.69) is 4.98 Å². The summed E-state index contributed by atoms with van der Waals surface area (Å²) in [7, 11) is 0. The Morgan fingerprint density at radius 1 is 1.40 bits per heavy atom. The van der Waals surface area contributed by atoms with E-state index in [1.807, 2.05) is 32.0 Å². The molecule has 0 aliphatic carbocycles. The van der Waals surface area contributed by atoms with E-state index in [4.69, 9.17) is 4.74 Å². The zero-order valence-electron chi connectivity index (χ0n) is 11.5. The molecule has 0 spiro atoms. The molecule has 0 saturated carbocycles. The fraction of sp³-hybridized carbons (Fsp3) is 0.286. The molecule has 0 unspecified atom stereocenters. The van der Waals surface area contributed by atoms with E-state index >= 15 is 0 Å². The van der Waals surface area contributed by atoms with Crippen molar-refractivity contribution in [2.45, 2.75) is 20.8 Å². The van der Waals surface area contributed by atoms with Gasteiger partial charge in [0, 0.05) is 5.56 Å². The Bertz CT molecular complexity index is 640. The van der Waals surface area contributed by atoms with Gasteiger partial charge in [0.1, 0.15) is 0 Å². The molecule has 6 heteroatoms. The molecule has 0 radical (unpaired) electrons. The van der Waals surface area contributed by atoms with Crippen molar-refractivity contribution in [2.75, 3.05) is 6.61 Å². The van der Waals surface area contributed by atoms with Crippen LogP contribution in [0.5, 0.6) is 0 Å². The number of imidazole rings is 1. The zero-order chi connectivity index (χ0) is 14.7. The number of halogens is 1. The van der Waals surface area contributed by atoms with Gasteiger partial charge in [0.15, 0.2) is 23.9 Å². The molecule has 2 rings (SSSR count). The van der Waals surface area contributed by atoms with Crippen LogP contribution in [0.4, 0.5) is 3.89 Å². The third-order valence-electron chi connectivity index (χ3n) is 3.04. The molecule has 106 valence electrons. The molecule has 0 saturated heterocycles. The monoisotopic (exact) mass is 294 g/mol. The van der Waals surface area contributed by atoms with Crippen LogP contribution < -0.4 is 0 Å². The summed E-state index contributed by atoms with van der Waals surface area (Å²) < 4.78 is 19.2. The second-order valence-electron chi connectivity index (χ2n) is 4.35. The first-order chi connectivity index (χ1) is 9.58. The van der Waals surface area contributed by atoms with Crippen LogP contribution in [0, 0.1) is 13.8 Å². The van der Waals surface area contributed by atoms with Crippen LogP contribution in [0.3, 0.4) is 0 Å². The van der Waals surface area contributed by atoms with E-state index in [0.717, 1.165) is 20.7 Å². The van der Waals surface area contributed by atoms with E-state index < -0.39 is 5.97 Å². The van der Waals surface area contributed by atoms with Crippen LogP contribution in [0.15, 0.2) is 24.4 Å². The number of hydrogen-bond acceptors (Lipinski definition) is 4. The Kier molecular flexibility index (Phi) is 4.44. The van der Waals surface area contributed by atoms with Crippen LogP contribution in [-0.4, -0.2) is 21.5 Å². The number of carbonyl (C=O) groups is 1. The van der Waals surface area contributed by atoms with Crippen molar-refractivity contribution in [1.82, 2.24) is 8.96 Å². The number of aryl methyl sites for hydroxylation is 2. The number of carbonyl (C=O) groups excluding carboxylic acids is 1. The molecule has 0 atom stereocenters. The Balaban J connectivity index is 2.47. The SMILES string of the molecule is CCOC(=O)c1cnc(-c2ccc(C)c(C)c2)n1SF.